The number of aromatic nitrogens is 2. The van der Waals surface area contributed by atoms with Crippen molar-refractivity contribution in [2.45, 2.75) is 12.7 Å². The van der Waals surface area contributed by atoms with Gasteiger partial charge in [0.25, 0.3) is 0 Å². The maximum atomic E-state index is 5.68. The fourth-order valence-corrected chi connectivity index (χ4v) is 2.88. The van der Waals surface area contributed by atoms with Gasteiger partial charge in [0.05, 0.1) is 5.75 Å². The number of nitrogens with zero attached hydrogens (tertiary/aromatic N) is 2. The molecule has 2 heterocycles. The number of thioether (sulfide) groups is 1. The van der Waals surface area contributed by atoms with Gasteiger partial charge in [-0.15, -0.1) is 10.2 Å². The molecule has 5 heteroatoms. The molecule has 2 aromatic rings. The molecule has 0 atom stereocenters. The number of rotatable bonds is 5. The van der Waals surface area contributed by atoms with Gasteiger partial charge in [0.15, 0.2) is 0 Å². The zero-order valence-corrected chi connectivity index (χ0v) is 11.7. The van der Waals surface area contributed by atoms with Gasteiger partial charge in [-0.3, -0.25) is 0 Å². The Morgan fingerprint density at radius 1 is 1.26 bits per heavy atom. The molecular weight excluding hydrogens is 258 g/mol. The Bertz CT molecular complexity index is 534. The number of hydrogen-bond acceptors (Lipinski definition) is 5. The minimum absolute atomic E-state index is 0.612. The minimum atomic E-state index is 0.612. The third-order valence-electron chi connectivity index (χ3n) is 3.21. The normalized spacial score (nSPS) is 15.4. The SMILES string of the molecule is Cc1ccc(-c2nnc(CSCC3CNC3)o2)cc1. The lowest BCUT2D eigenvalue weighted by Gasteiger charge is -2.26. The molecule has 3 rings (SSSR count). The summed E-state index contributed by atoms with van der Waals surface area (Å²) < 4.78 is 5.68. The smallest absolute Gasteiger partial charge is 0.247 e. The van der Waals surface area contributed by atoms with E-state index in [2.05, 4.69) is 34.6 Å². The van der Waals surface area contributed by atoms with Gasteiger partial charge in [-0.1, -0.05) is 17.7 Å². The number of aryl methyl sites for hydroxylation is 1. The summed E-state index contributed by atoms with van der Waals surface area (Å²) in [6.45, 7) is 4.35. The third kappa shape index (κ3) is 3.16. The first-order valence-corrected chi connectivity index (χ1v) is 7.64. The minimum Gasteiger partial charge on any atom is -0.420 e. The molecule has 100 valence electrons. The van der Waals surface area contributed by atoms with E-state index >= 15 is 0 Å². The van der Waals surface area contributed by atoms with Crippen molar-refractivity contribution >= 4 is 11.8 Å². The van der Waals surface area contributed by atoms with E-state index in [4.69, 9.17) is 4.42 Å². The van der Waals surface area contributed by atoms with Crippen LogP contribution in [-0.2, 0) is 5.75 Å². The van der Waals surface area contributed by atoms with E-state index in [1.807, 2.05) is 23.9 Å². The number of benzene rings is 1. The van der Waals surface area contributed by atoms with Gasteiger partial charge in [0, 0.05) is 5.56 Å². The van der Waals surface area contributed by atoms with Crippen molar-refractivity contribution in [3.63, 3.8) is 0 Å². The van der Waals surface area contributed by atoms with Gasteiger partial charge in [-0.05, 0) is 43.8 Å². The maximum Gasteiger partial charge on any atom is 0.247 e. The van der Waals surface area contributed by atoms with Gasteiger partial charge in [-0.25, -0.2) is 0 Å². The van der Waals surface area contributed by atoms with Crippen LogP contribution in [0.4, 0.5) is 0 Å². The van der Waals surface area contributed by atoms with Crippen molar-refractivity contribution in [3.8, 4) is 11.5 Å². The van der Waals surface area contributed by atoms with E-state index in [1.165, 1.54) is 5.56 Å². The first-order chi connectivity index (χ1) is 9.31. The number of hydrogen-bond donors (Lipinski definition) is 1. The van der Waals surface area contributed by atoms with E-state index in [0.29, 0.717) is 11.8 Å². The molecule has 1 N–H and O–H groups in total. The second-order valence-corrected chi connectivity index (χ2v) is 5.94. The second-order valence-electron chi connectivity index (χ2n) is 4.91. The lowest BCUT2D eigenvalue weighted by Crippen LogP contribution is -2.43. The molecule has 1 aromatic heterocycles. The van der Waals surface area contributed by atoms with E-state index in [1.54, 1.807) is 0 Å². The first-order valence-electron chi connectivity index (χ1n) is 6.49. The highest BCUT2D eigenvalue weighted by Gasteiger charge is 2.17. The molecule has 1 aliphatic rings. The molecule has 19 heavy (non-hydrogen) atoms. The highest BCUT2D eigenvalue weighted by atomic mass is 32.2. The summed E-state index contributed by atoms with van der Waals surface area (Å²) >= 11 is 1.87. The van der Waals surface area contributed by atoms with Gasteiger partial charge in [0.2, 0.25) is 11.8 Å². The fraction of sp³-hybridized carbons (Fsp3) is 0.429. The Kier molecular flexibility index (Phi) is 3.84. The van der Waals surface area contributed by atoms with Crippen LogP contribution in [0.3, 0.4) is 0 Å². The quantitative estimate of drug-likeness (QED) is 0.908. The Labute approximate surface area is 117 Å². The molecule has 1 fully saturated rings. The van der Waals surface area contributed by atoms with Gasteiger partial charge < -0.3 is 9.73 Å². The van der Waals surface area contributed by atoms with Crippen molar-refractivity contribution in [2.75, 3.05) is 18.8 Å². The van der Waals surface area contributed by atoms with Gasteiger partial charge in [-0.2, -0.15) is 11.8 Å². The molecule has 1 saturated heterocycles. The average Bonchev–Trinajstić information content (AvgIpc) is 2.82. The molecule has 0 spiro atoms. The average molecular weight is 275 g/mol. The molecule has 0 aliphatic carbocycles. The molecule has 0 unspecified atom stereocenters. The van der Waals surface area contributed by atoms with E-state index in [9.17, 15) is 0 Å². The summed E-state index contributed by atoms with van der Waals surface area (Å²) in [5.41, 5.74) is 2.21. The van der Waals surface area contributed by atoms with Gasteiger partial charge in [0.1, 0.15) is 0 Å². The van der Waals surface area contributed by atoms with Crippen LogP contribution in [-0.4, -0.2) is 29.0 Å². The monoisotopic (exact) mass is 275 g/mol. The molecule has 0 saturated carbocycles. The Hall–Kier alpha value is -1.33. The lowest BCUT2D eigenvalue weighted by atomic mass is 10.1. The highest BCUT2D eigenvalue weighted by Crippen LogP contribution is 2.21. The fourth-order valence-electron chi connectivity index (χ4n) is 1.90. The van der Waals surface area contributed by atoms with E-state index in [0.717, 1.165) is 36.1 Å². The van der Waals surface area contributed by atoms with Crippen molar-refractivity contribution < 1.29 is 4.42 Å². The summed E-state index contributed by atoms with van der Waals surface area (Å²) in [5.74, 6) is 4.10. The van der Waals surface area contributed by atoms with Crippen molar-refractivity contribution in [1.82, 2.24) is 15.5 Å². The molecular formula is C14H17N3OS. The van der Waals surface area contributed by atoms with Crippen LogP contribution in [0.2, 0.25) is 0 Å². The topological polar surface area (TPSA) is 51.0 Å². The van der Waals surface area contributed by atoms with Gasteiger partial charge >= 0.3 is 0 Å². The summed E-state index contributed by atoms with van der Waals surface area (Å²) in [6.07, 6.45) is 0. The van der Waals surface area contributed by atoms with Crippen molar-refractivity contribution in [1.29, 1.82) is 0 Å². The molecule has 0 bridgehead atoms. The predicted octanol–water partition coefficient (Wildman–Crippen LogP) is 2.50. The Morgan fingerprint density at radius 3 is 2.74 bits per heavy atom. The second kappa shape index (κ2) is 5.75. The largest absolute Gasteiger partial charge is 0.420 e. The summed E-state index contributed by atoms with van der Waals surface area (Å²) in [5, 5.41) is 11.5. The zero-order chi connectivity index (χ0) is 13.1. The summed E-state index contributed by atoms with van der Waals surface area (Å²) in [7, 11) is 0. The predicted molar refractivity (Wildman–Crippen MR) is 77.0 cm³/mol. The first kappa shape index (κ1) is 12.7. The van der Waals surface area contributed by atoms with Crippen LogP contribution < -0.4 is 5.32 Å². The van der Waals surface area contributed by atoms with Crippen molar-refractivity contribution in [3.05, 3.63) is 35.7 Å². The van der Waals surface area contributed by atoms with Crippen LogP contribution >= 0.6 is 11.8 Å². The van der Waals surface area contributed by atoms with E-state index in [-0.39, 0.29) is 0 Å². The highest BCUT2D eigenvalue weighted by molar-refractivity contribution is 7.98. The van der Waals surface area contributed by atoms with Crippen LogP contribution in [0.5, 0.6) is 0 Å². The Balaban J connectivity index is 1.57. The van der Waals surface area contributed by atoms with Crippen LogP contribution in [0.25, 0.3) is 11.5 Å². The third-order valence-corrected chi connectivity index (χ3v) is 4.37. The van der Waals surface area contributed by atoms with Crippen LogP contribution in [0.1, 0.15) is 11.5 Å². The molecule has 0 radical (unpaired) electrons. The van der Waals surface area contributed by atoms with Crippen LogP contribution in [0.15, 0.2) is 28.7 Å². The van der Waals surface area contributed by atoms with Crippen LogP contribution in [0, 0.1) is 12.8 Å². The molecule has 4 nitrogen and oxygen atoms in total. The summed E-state index contributed by atoms with van der Waals surface area (Å²) in [6, 6.07) is 8.13. The zero-order valence-electron chi connectivity index (χ0n) is 10.9. The molecule has 1 aliphatic heterocycles. The number of nitrogens with one attached hydrogen (secondary N) is 1. The summed E-state index contributed by atoms with van der Waals surface area (Å²) in [4.78, 5) is 0. The molecule has 1 aromatic carbocycles. The standard InChI is InChI=1S/C14H17N3OS/c1-10-2-4-12(5-3-10)14-17-16-13(18-14)9-19-8-11-6-15-7-11/h2-5,11,15H,6-9H2,1H3. The van der Waals surface area contributed by atoms with E-state index < -0.39 is 0 Å². The maximum absolute atomic E-state index is 5.68. The van der Waals surface area contributed by atoms with Crippen molar-refractivity contribution in [2.24, 2.45) is 5.92 Å². The lowest BCUT2D eigenvalue weighted by molar-refractivity contribution is 0.385. The molecule has 0 amide bonds. The Morgan fingerprint density at radius 2 is 2.05 bits per heavy atom.